The molecular formula is C31H38N2O7. The van der Waals surface area contributed by atoms with Crippen LogP contribution in [0.5, 0.6) is 17.2 Å². The van der Waals surface area contributed by atoms with E-state index in [1.165, 1.54) is 0 Å². The smallest absolute Gasteiger partial charge is 0.295 e. The van der Waals surface area contributed by atoms with Crippen molar-refractivity contribution in [1.29, 1.82) is 0 Å². The molecule has 2 fully saturated rings. The van der Waals surface area contributed by atoms with E-state index < -0.39 is 17.7 Å². The predicted molar refractivity (Wildman–Crippen MR) is 150 cm³/mol. The van der Waals surface area contributed by atoms with Gasteiger partial charge in [-0.3, -0.25) is 14.5 Å². The van der Waals surface area contributed by atoms with E-state index in [1.807, 2.05) is 45.0 Å². The van der Waals surface area contributed by atoms with E-state index in [9.17, 15) is 14.7 Å². The Morgan fingerprint density at radius 2 is 1.75 bits per heavy atom. The van der Waals surface area contributed by atoms with Crippen molar-refractivity contribution in [3.63, 3.8) is 0 Å². The number of nitrogens with zero attached hydrogens (tertiary/aromatic N) is 2. The molecule has 2 atom stereocenters. The van der Waals surface area contributed by atoms with Crippen LogP contribution in [0.2, 0.25) is 0 Å². The molecule has 0 aromatic heterocycles. The van der Waals surface area contributed by atoms with E-state index >= 15 is 0 Å². The minimum atomic E-state index is -0.761. The molecule has 9 nitrogen and oxygen atoms in total. The maximum absolute atomic E-state index is 13.5. The molecule has 0 radical (unpaired) electrons. The lowest BCUT2D eigenvalue weighted by atomic mass is 9.94. The Morgan fingerprint density at radius 3 is 2.50 bits per heavy atom. The number of ether oxygens (including phenoxy) is 4. The van der Waals surface area contributed by atoms with Crippen LogP contribution in [-0.2, 0) is 20.7 Å². The molecule has 214 valence electrons. The first-order valence-electron chi connectivity index (χ1n) is 14.2. The van der Waals surface area contributed by atoms with Gasteiger partial charge in [-0.05, 0) is 68.7 Å². The minimum Gasteiger partial charge on any atom is -0.507 e. The van der Waals surface area contributed by atoms with Gasteiger partial charge in [-0.15, -0.1) is 0 Å². The zero-order valence-corrected chi connectivity index (χ0v) is 23.5. The van der Waals surface area contributed by atoms with Gasteiger partial charge in [0.15, 0.2) is 11.5 Å². The molecule has 0 unspecified atom stereocenters. The van der Waals surface area contributed by atoms with E-state index in [1.54, 1.807) is 17.0 Å². The maximum Gasteiger partial charge on any atom is 0.295 e. The number of benzene rings is 2. The quantitative estimate of drug-likeness (QED) is 0.270. The van der Waals surface area contributed by atoms with E-state index in [2.05, 4.69) is 4.90 Å². The number of hydrogen-bond acceptors (Lipinski definition) is 8. The third-order valence-electron chi connectivity index (χ3n) is 7.57. The molecule has 40 heavy (non-hydrogen) atoms. The first-order valence-corrected chi connectivity index (χ1v) is 14.2. The fourth-order valence-corrected chi connectivity index (χ4v) is 5.71. The minimum absolute atomic E-state index is 0.0466. The van der Waals surface area contributed by atoms with Crippen LogP contribution in [0.4, 0.5) is 0 Å². The standard InChI is InChI=1S/C31H38N2O7/c1-4-38-25-10-7-21(19-26(25)39-5-2)28-27(29(34)22-8-9-24-23(18-22)17-20(3)40-24)30(35)31(36)33(28)12-6-11-32-13-15-37-16-14-32/h7-10,18-20,28,34H,4-6,11-17H2,1-3H3/b29-27+/t20-,28+/m0/s1. The fraction of sp³-hybridized carbons (Fsp3) is 0.484. The third-order valence-corrected chi connectivity index (χ3v) is 7.57. The summed E-state index contributed by atoms with van der Waals surface area (Å²) in [6, 6.07) is 10.1. The maximum atomic E-state index is 13.5. The summed E-state index contributed by atoms with van der Waals surface area (Å²) in [5.41, 5.74) is 2.21. The van der Waals surface area contributed by atoms with Crippen molar-refractivity contribution in [2.24, 2.45) is 0 Å². The average Bonchev–Trinajstić information content (AvgIpc) is 3.45. The highest BCUT2D eigenvalue weighted by atomic mass is 16.5. The van der Waals surface area contributed by atoms with Gasteiger partial charge in [0.1, 0.15) is 17.6 Å². The van der Waals surface area contributed by atoms with Gasteiger partial charge in [0.2, 0.25) is 0 Å². The summed E-state index contributed by atoms with van der Waals surface area (Å²) in [7, 11) is 0. The number of likely N-dealkylation sites (tertiary alicyclic amines) is 1. The van der Waals surface area contributed by atoms with Crippen molar-refractivity contribution >= 4 is 17.4 Å². The first kappa shape index (κ1) is 28.0. The SMILES string of the molecule is CCOc1ccc([C@@H]2/C(=C(\O)c3ccc4c(c3)C[C@H](C)O4)C(=O)C(=O)N2CCCN2CCOCC2)cc1OCC. The lowest BCUT2D eigenvalue weighted by molar-refractivity contribution is -0.140. The lowest BCUT2D eigenvalue weighted by Gasteiger charge is -2.29. The molecule has 9 heteroatoms. The molecule has 1 amide bonds. The average molecular weight is 551 g/mol. The molecule has 1 N–H and O–H groups in total. The fourth-order valence-electron chi connectivity index (χ4n) is 5.71. The molecule has 0 saturated carbocycles. The number of hydrogen-bond donors (Lipinski definition) is 1. The van der Waals surface area contributed by atoms with Crippen LogP contribution in [0.25, 0.3) is 5.76 Å². The summed E-state index contributed by atoms with van der Waals surface area (Å²) < 4.78 is 22.9. The summed E-state index contributed by atoms with van der Waals surface area (Å²) in [5.74, 6) is 0.407. The molecule has 5 rings (SSSR count). The van der Waals surface area contributed by atoms with Crippen LogP contribution in [0.15, 0.2) is 42.0 Å². The summed E-state index contributed by atoms with van der Waals surface area (Å²) in [6.07, 6.45) is 1.45. The van der Waals surface area contributed by atoms with Gasteiger partial charge in [-0.2, -0.15) is 0 Å². The topological polar surface area (TPSA) is 97.8 Å². The van der Waals surface area contributed by atoms with Crippen molar-refractivity contribution in [1.82, 2.24) is 9.80 Å². The van der Waals surface area contributed by atoms with Gasteiger partial charge in [-0.25, -0.2) is 0 Å². The van der Waals surface area contributed by atoms with E-state index in [0.29, 0.717) is 68.4 Å². The molecule has 3 aliphatic rings. The second kappa shape index (κ2) is 12.3. The first-order chi connectivity index (χ1) is 19.4. The number of morpholine rings is 1. The number of ketones is 1. The molecule has 3 aliphatic heterocycles. The highest BCUT2D eigenvalue weighted by Crippen LogP contribution is 2.43. The molecule has 0 aliphatic carbocycles. The Kier molecular flexibility index (Phi) is 8.61. The number of rotatable bonds is 10. The second-order valence-corrected chi connectivity index (χ2v) is 10.3. The Labute approximate surface area is 235 Å². The van der Waals surface area contributed by atoms with Crippen LogP contribution in [0.3, 0.4) is 0 Å². The monoisotopic (exact) mass is 550 g/mol. The van der Waals surface area contributed by atoms with Crippen LogP contribution in [0, 0.1) is 0 Å². The van der Waals surface area contributed by atoms with Gasteiger partial charge in [0.25, 0.3) is 11.7 Å². The molecule has 2 aromatic carbocycles. The second-order valence-electron chi connectivity index (χ2n) is 10.3. The molecule has 3 heterocycles. The van der Waals surface area contributed by atoms with E-state index in [-0.39, 0.29) is 17.4 Å². The van der Waals surface area contributed by atoms with Gasteiger partial charge >= 0.3 is 0 Å². The normalized spacial score (nSPS) is 22.3. The Morgan fingerprint density at radius 1 is 1.00 bits per heavy atom. The van der Waals surface area contributed by atoms with Crippen LogP contribution < -0.4 is 14.2 Å². The number of aliphatic hydroxyl groups excluding tert-OH is 1. The zero-order chi connectivity index (χ0) is 28.2. The van der Waals surface area contributed by atoms with Crippen molar-refractivity contribution < 1.29 is 33.6 Å². The van der Waals surface area contributed by atoms with Gasteiger partial charge in [0.05, 0.1) is 38.0 Å². The van der Waals surface area contributed by atoms with Gasteiger partial charge < -0.3 is 29.0 Å². The van der Waals surface area contributed by atoms with Crippen molar-refractivity contribution in [3.05, 3.63) is 58.7 Å². The highest BCUT2D eigenvalue weighted by Gasteiger charge is 2.46. The molecule has 2 aromatic rings. The summed E-state index contributed by atoms with van der Waals surface area (Å²) in [6.45, 7) is 10.9. The Bertz CT molecular complexity index is 1280. The zero-order valence-electron chi connectivity index (χ0n) is 23.5. The number of amides is 1. The van der Waals surface area contributed by atoms with E-state index in [4.69, 9.17) is 18.9 Å². The third kappa shape index (κ3) is 5.67. The van der Waals surface area contributed by atoms with Crippen molar-refractivity contribution in [3.8, 4) is 17.2 Å². The highest BCUT2D eigenvalue weighted by molar-refractivity contribution is 6.46. The molecule has 0 bridgehead atoms. The number of carbonyl (C=O) groups is 2. The Balaban J connectivity index is 1.53. The summed E-state index contributed by atoms with van der Waals surface area (Å²) >= 11 is 0. The number of aliphatic hydroxyl groups is 1. The Hall–Kier alpha value is -3.56. The summed E-state index contributed by atoms with van der Waals surface area (Å²) in [5, 5.41) is 11.6. The summed E-state index contributed by atoms with van der Waals surface area (Å²) in [4.78, 5) is 30.9. The van der Waals surface area contributed by atoms with Crippen LogP contribution in [-0.4, -0.2) is 85.3 Å². The number of fused-ring (bicyclic) bond motifs is 1. The van der Waals surface area contributed by atoms with Gasteiger partial charge in [-0.1, -0.05) is 6.07 Å². The molecule has 0 spiro atoms. The molecule has 2 saturated heterocycles. The van der Waals surface area contributed by atoms with Crippen molar-refractivity contribution in [2.75, 3.05) is 52.6 Å². The lowest BCUT2D eigenvalue weighted by Crippen LogP contribution is -2.39. The van der Waals surface area contributed by atoms with Crippen LogP contribution in [0.1, 0.15) is 49.9 Å². The largest absolute Gasteiger partial charge is 0.507 e. The molecular weight excluding hydrogens is 512 g/mol. The predicted octanol–water partition coefficient (Wildman–Crippen LogP) is 3.95. The van der Waals surface area contributed by atoms with E-state index in [0.717, 1.165) is 30.9 Å². The number of Topliss-reactive ketones (excluding diaryl/α,β-unsaturated/α-hetero) is 1. The number of carbonyl (C=O) groups excluding carboxylic acids is 2. The van der Waals surface area contributed by atoms with Crippen LogP contribution >= 0.6 is 0 Å². The van der Waals surface area contributed by atoms with Crippen molar-refractivity contribution in [2.45, 2.75) is 45.8 Å². The van der Waals surface area contributed by atoms with Gasteiger partial charge in [0, 0.05) is 38.2 Å².